The van der Waals surface area contributed by atoms with Gasteiger partial charge in [0.05, 0.1) is 7.11 Å². The summed E-state index contributed by atoms with van der Waals surface area (Å²) < 4.78 is 5.15. The molecule has 0 aliphatic rings. The molecular formula is C25H28N4O4S. The van der Waals surface area contributed by atoms with Gasteiger partial charge in [-0.2, -0.15) is 0 Å². The van der Waals surface area contributed by atoms with Crippen LogP contribution in [0.25, 0.3) is 0 Å². The van der Waals surface area contributed by atoms with Gasteiger partial charge in [0, 0.05) is 36.7 Å². The number of nitrogens with one attached hydrogen (secondary N) is 2. The average Bonchev–Trinajstić information content (AvgIpc) is 3.32. The van der Waals surface area contributed by atoms with Gasteiger partial charge >= 0.3 is 0 Å². The second kappa shape index (κ2) is 11.9. The zero-order chi connectivity index (χ0) is 24.5. The van der Waals surface area contributed by atoms with E-state index in [0.29, 0.717) is 17.4 Å². The van der Waals surface area contributed by atoms with Gasteiger partial charge in [0.1, 0.15) is 12.3 Å². The van der Waals surface area contributed by atoms with E-state index in [0.717, 1.165) is 22.4 Å². The predicted molar refractivity (Wildman–Crippen MR) is 133 cm³/mol. The predicted octanol–water partition coefficient (Wildman–Crippen LogP) is 3.84. The first kappa shape index (κ1) is 24.9. The van der Waals surface area contributed by atoms with Gasteiger partial charge < -0.3 is 20.3 Å². The number of hydrogen-bond donors (Lipinski definition) is 2. The minimum atomic E-state index is -0.307. The fraction of sp³-hybridized carbons (Fsp3) is 0.280. The summed E-state index contributed by atoms with van der Waals surface area (Å²) in [5.74, 6) is -0.164. The number of hydrogen-bond acceptors (Lipinski definition) is 6. The molecule has 0 unspecified atom stereocenters. The van der Waals surface area contributed by atoms with Gasteiger partial charge in [-0.05, 0) is 54.8 Å². The number of methoxy groups -OCH3 is 1. The van der Waals surface area contributed by atoms with Crippen molar-refractivity contribution in [3.05, 3.63) is 70.7 Å². The Labute approximate surface area is 203 Å². The standard InChI is InChI=1S/C25H28N4O4S/c1-17-12-18(2)14-20(13-17)29(24(32)9-8-22(30)28-25-26-10-11-34-25)16-23(31)27-15-19-4-6-21(33-3)7-5-19/h4-7,10-14H,8-9,15-16H2,1-3H3,(H,27,31)(H,26,28,30). The number of amides is 3. The first-order valence-electron chi connectivity index (χ1n) is 10.8. The van der Waals surface area contributed by atoms with Crippen LogP contribution >= 0.6 is 11.3 Å². The number of nitrogens with zero attached hydrogens (tertiary/aromatic N) is 2. The lowest BCUT2D eigenvalue weighted by atomic mass is 10.1. The van der Waals surface area contributed by atoms with Crippen LogP contribution in [0.2, 0.25) is 0 Å². The molecule has 8 nitrogen and oxygen atoms in total. The summed E-state index contributed by atoms with van der Waals surface area (Å²) in [5.41, 5.74) is 3.50. The van der Waals surface area contributed by atoms with Crippen LogP contribution in [-0.2, 0) is 20.9 Å². The Kier molecular flexibility index (Phi) is 8.75. The van der Waals surface area contributed by atoms with Gasteiger partial charge in [0.2, 0.25) is 17.7 Å². The number of aryl methyl sites for hydroxylation is 2. The van der Waals surface area contributed by atoms with E-state index in [2.05, 4.69) is 15.6 Å². The Morgan fingerprint density at radius 3 is 2.32 bits per heavy atom. The van der Waals surface area contributed by atoms with Gasteiger partial charge in [-0.3, -0.25) is 14.4 Å². The van der Waals surface area contributed by atoms with Crippen molar-refractivity contribution >= 4 is 39.9 Å². The molecule has 0 atom stereocenters. The Balaban J connectivity index is 1.65. The third-order valence-corrected chi connectivity index (χ3v) is 5.70. The molecule has 2 N–H and O–H groups in total. The lowest BCUT2D eigenvalue weighted by Gasteiger charge is -2.23. The summed E-state index contributed by atoms with van der Waals surface area (Å²) in [6.45, 7) is 4.05. The Hall–Kier alpha value is -3.72. The molecule has 3 rings (SSSR count). The highest BCUT2D eigenvalue weighted by Gasteiger charge is 2.21. The number of benzene rings is 2. The van der Waals surface area contributed by atoms with Crippen molar-refractivity contribution in [1.82, 2.24) is 10.3 Å². The van der Waals surface area contributed by atoms with E-state index in [9.17, 15) is 14.4 Å². The summed E-state index contributed by atoms with van der Waals surface area (Å²) >= 11 is 1.31. The van der Waals surface area contributed by atoms with Crippen LogP contribution in [0.4, 0.5) is 10.8 Å². The monoisotopic (exact) mass is 480 g/mol. The maximum Gasteiger partial charge on any atom is 0.240 e. The van der Waals surface area contributed by atoms with E-state index in [-0.39, 0.29) is 37.1 Å². The number of carbonyl (C=O) groups excluding carboxylic acids is 3. The van der Waals surface area contributed by atoms with Crippen molar-refractivity contribution in [2.45, 2.75) is 33.2 Å². The van der Waals surface area contributed by atoms with Crippen LogP contribution < -0.4 is 20.3 Å². The Morgan fingerprint density at radius 1 is 1.00 bits per heavy atom. The number of thiazole rings is 1. The summed E-state index contributed by atoms with van der Waals surface area (Å²) in [6, 6.07) is 13.1. The Morgan fingerprint density at radius 2 is 1.71 bits per heavy atom. The molecule has 0 radical (unpaired) electrons. The topological polar surface area (TPSA) is 101 Å². The molecule has 0 bridgehead atoms. The number of aromatic nitrogens is 1. The second-order valence-electron chi connectivity index (χ2n) is 7.84. The molecule has 0 spiro atoms. The van der Waals surface area contributed by atoms with E-state index in [1.807, 2.05) is 56.3 Å². The third-order valence-electron chi connectivity index (χ3n) is 5.01. The highest BCUT2D eigenvalue weighted by atomic mass is 32.1. The van der Waals surface area contributed by atoms with E-state index >= 15 is 0 Å². The van der Waals surface area contributed by atoms with Crippen molar-refractivity contribution in [3.63, 3.8) is 0 Å². The molecule has 0 saturated heterocycles. The first-order valence-corrected chi connectivity index (χ1v) is 11.7. The van der Waals surface area contributed by atoms with E-state index in [4.69, 9.17) is 4.74 Å². The molecule has 3 aromatic rings. The summed E-state index contributed by atoms with van der Waals surface area (Å²) in [7, 11) is 1.60. The maximum atomic E-state index is 13.1. The number of rotatable bonds is 10. The van der Waals surface area contributed by atoms with Crippen molar-refractivity contribution in [2.24, 2.45) is 0 Å². The molecule has 0 aliphatic carbocycles. The number of anilines is 2. The average molecular weight is 481 g/mol. The minimum Gasteiger partial charge on any atom is -0.497 e. The van der Waals surface area contributed by atoms with Crippen molar-refractivity contribution < 1.29 is 19.1 Å². The molecule has 9 heteroatoms. The summed E-state index contributed by atoms with van der Waals surface area (Å²) in [4.78, 5) is 43.5. The smallest absolute Gasteiger partial charge is 0.240 e. The summed E-state index contributed by atoms with van der Waals surface area (Å²) in [5, 5.41) is 7.77. The maximum absolute atomic E-state index is 13.1. The molecule has 34 heavy (non-hydrogen) atoms. The molecule has 1 aromatic heterocycles. The van der Waals surface area contributed by atoms with Crippen LogP contribution in [0.3, 0.4) is 0 Å². The molecular weight excluding hydrogens is 452 g/mol. The lowest BCUT2D eigenvalue weighted by Crippen LogP contribution is -2.41. The number of carbonyl (C=O) groups is 3. The molecule has 0 saturated carbocycles. The molecule has 2 aromatic carbocycles. The zero-order valence-electron chi connectivity index (χ0n) is 19.5. The molecule has 3 amide bonds. The largest absolute Gasteiger partial charge is 0.497 e. The van der Waals surface area contributed by atoms with Gasteiger partial charge in [-0.15, -0.1) is 11.3 Å². The van der Waals surface area contributed by atoms with Crippen LogP contribution in [-0.4, -0.2) is 36.4 Å². The van der Waals surface area contributed by atoms with E-state index in [1.54, 1.807) is 18.7 Å². The molecule has 178 valence electrons. The van der Waals surface area contributed by atoms with Gasteiger partial charge in [0.25, 0.3) is 0 Å². The summed E-state index contributed by atoms with van der Waals surface area (Å²) in [6.07, 6.45) is 1.56. The number of ether oxygens (including phenoxy) is 1. The van der Waals surface area contributed by atoms with E-state index in [1.165, 1.54) is 16.2 Å². The normalized spacial score (nSPS) is 10.4. The first-order chi connectivity index (χ1) is 16.3. The van der Waals surface area contributed by atoms with Crippen molar-refractivity contribution in [2.75, 3.05) is 23.9 Å². The lowest BCUT2D eigenvalue weighted by molar-refractivity contribution is -0.125. The zero-order valence-corrected chi connectivity index (χ0v) is 20.3. The van der Waals surface area contributed by atoms with Crippen molar-refractivity contribution in [1.29, 1.82) is 0 Å². The SMILES string of the molecule is COc1ccc(CNC(=O)CN(C(=O)CCC(=O)Nc2nccs2)c2cc(C)cc(C)c2)cc1. The Bertz CT molecular complexity index is 1110. The molecule has 1 heterocycles. The second-order valence-corrected chi connectivity index (χ2v) is 8.73. The quantitative estimate of drug-likeness (QED) is 0.459. The fourth-order valence-electron chi connectivity index (χ4n) is 3.40. The fourth-order valence-corrected chi connectivity index (χ4v) is 3.94. The van der Waals surface area contributed by atoms with Crippen LogP contribution in [0.15, 0.2) is 54.0 Å². The van der Waals surface area contributed by atoms with Gasteiger partial charge in [0.15, 0.2) is 5.13 Å². The highest BCUT2D eigenvalue weighted by Crippen LogP contribution is 2.20. The third kappa shape index (κ3) is 7.41. The van der Waals surface area contributed by atoms with Crippen LogP contribution in [0, 0.1) is 13.8 Å². The molecule has 0 aliphatic heterocycles. The highest BCUT2D eigenvalue weighted by molar-refractivity contribution is 7.13. The van der Waals surface area contributed by atoms with Gasteiger partial charge in [-0.1, -0.05) is 18.2 Å². The minimum absolute atomic E-state index is 0.00677. The van der Waals surface area contributed by atoms with E-state index < -0.39 is 0 Å². The van der Waals surface area contributed by atoms with Crippen LogP contribution in [0.5, 0.6) is 5.75 Å². The van der Waals surface area contributed by atoms with Crippen LogP contribution in [0.1, 0.15) is 29.5 Å². The van der Waals surface area contributed by atoms with Crippen molar-refractivity contribution in [3.8, 4) is 5.75 Å². The van der Waals surface area contributed by atoms with Gasteiger partial charge in [-0.25, -0.2) is 4.98 Å². The molecule has 0 fully saturated rings.